The lowest BCUT2D eigenvalue weighted by molar-refractivity contribution is -0.117. The highest BCUT2D eigenvalue weighted by Gasteiger charge is 2.24. The minimum atomic E-state index is -0.444. The van der Waals surface area contributed by atoms with E-state index in [0.29, 0.717) is 18.0 Å². The summed E-state index contributed by atoms with van der Waals surface area (Å²) < 4.78 is 5.17. The fourth-order valence-electron chi connectivity index (χ4n) is 2.76. The molecule has 6 heteroatoms. The van der Waals surface area contributed by atoms with Gasteiger partial charge in [-0.2, -0.15) is 0 Å². The van der Waals surface area contributed by atoms with Gasteiger partial charge < -0.3 is 20.3 Å². The molecule has 0 unspecified atom stereocenters. The van der Waals surface area contributed by atoms with Gasteiger partial charge in [-0.1, -0.05) is 30.3 Å². The van der Waals surface area contributed by atoms with Gasteiger partial charge in [0.05, 0.1) is 19.3 Å². The number of carbonyl (C=O) groups is 2. The van der Waals surface area contributed by atoms with E-state index < -0.39 is 6.03 Å². The predicted octanol–water partition coefficient (Wildman–Crippen LogP) is 2.41. The Bertz CT molecular complexity index is 761. The van der Waals surface area contributed by atoms with Gasteiger partial charge in [0.15, 0.2) is 0 Å². The average molecular weight is 325 g/mol. The Kier molecular flexibility index (Phi) is 4.65. The Labute approximate surface area is 140 Å². The molecule has 3 rings (SSSR count). The van der Waals surface area contributed by atoms with E-state index in [0.717, 1.165) is 17.7 Å². The van der Waals surface area contributed by atoms with Crippen LogP contribution in [0.2, 0.25) is 0 Å². The molecular weight excluding hydrogens is 306 g/mol. The minimum Gasteiger partial charge on any atom is -0.495 e. The van der Waals surface area contributed by atoms with Crippen molar-refractivity contribution in [3.63, 3.8) is 0 Å². The van der Waals surface area contributed by atoms with Crippen LogP contribution in [0.1, 0.15) is 5.56 Å². The van der Waals surface area contributed by atoms with Crippen molar-refractivity contribution in [2.75, 3.05) is 30.4 Å². The fraction of sp³-hybridized carbons (Fsp3) is 0.222. The molecule has 0 saturated heterocycles. The molecule has 24 heavy (non-hydrogen) atoms. The Hall–Kier alpha value is -3.02. The number of methoxy groups -OCH3 is 1. The number of nitrogens with zero attached hydrogens (tertiary/aromatic N) is 1. The molecular formula is C18H19N3O3. The first-order chi connectivity index (χ1) is 11.7. The highest BCUT2D eigenvalue weighted by Crippen LogP contribution is 2.27. The predicted molar refractivity (Wildman–Crippen MR) is 92.5 cm³/mol. The summed E-state index contributed by atoms with van der Waals surface area (Å²) in [4.78, 5) is 26.1. The van der Waals surface area contributed by atoms with Crippen LogP contribution in [0, 0.1) is 0 Å². The van der Waals surface area contributed by atoms with E-state index in [1.165, 1.54) is 7.11 Å². The SMILES string of the molecule is COc1ccccc1NC(=O)NCC(=O)N1CCc2ccccc21. The number of amides is 3. The summed E-state index contributed by atoms with van der Waals surface area (Å²) in [5, 5.41) is 5.27. The Balaban J connectivity index is 1.56. The third-order valence-corrected chi connectivity index (χ3v) is 3.94. The fourth-order valence-corrected chi connectivity index (χ4v) is 2.76. The number of nitrogens with one attached hydrogen (secondary N) is 2. The van der Waals surface area contributed by atoms with Gasteiger partial charge in [0, 0.05) is 12.2 Å². The van der Waals surface area contributed by atoms with Crippen molar-refractivity contribution in [1.82, 2.24) is 5.32 Å². The lowest BCUT2D eigenvalue weighted by Gasteiger charge is -2.18. The zero-order valence-electron chi connectivity index (χ0n) is 13.4. The van der Waals surface area contributed by atoms with Gasteiger partial charge in [-0.3, -0.25) is 4.79 Å². The zero-order valence-corrected chi connectivity index (χ0v) is 13.4. The van der Waals surface area contributed by atoms with Gasteiger partial charge in [0.2, 0.25) is 5.91 Å². The molecule has 0 spiro atoms. The molecule has 124 valence electrons. The third kappa shape index (κ3) is 3.32. The summed E-state index contributed by atoms with van der Waals surface area (Å²) in [6.45, 7) is 0.587. The molecule has 2 aromatic carbocycles. The highest BCUT2D eigenvalue weighted by molar-refractivity contribution is 6.00. The minimum absolute atomic E-state index is 0.0602. The van der Waals surface area contributed by atoms with E-state index in [1.807, 2.05) is 30.3 Å². The van der Waals surface area contributed by atoms with Crippen LogP contribution >= 0.6 is 0 Å². The maximum Gasteiger partial charge on any atom is 0.319 e. The maximum atomic E-state index is 12.3. The first-order valence-electron chi connectivity index (χ1n) is 7.75. The van der Waals surface area contributed by atoms with Crippen LogP contribution in [0.4, 0.5) is 16.2 Å². The molecule has 0 aliphatic carbocycles. The number of fused-ring (bicyclic) bond motifs is 1. The van der Waals surface area contributed by atoms with Crippen molar-refractivity contribution < 1.29 is 14.3 Å². The summed E-state index contributed by atoms with van der Waals surface area (Å²) in [6.07, 6.45) is 0.843. The van der Waals surface area contributed by atoms with Gasteiger partial charge in [0.1, 0.15) is 5.75 Å². The largest absolute Gasteiger partial charge is 0.495 e. The quantitative estimate of drug-likeness (QED) is 0.907. The average Bonchev–Trinajstić information content (AvgIpc) is 3.04. The van der Waals surface area contributed by atoms with Crippen LogP contribution in [-0.4, -0.2) is 32.1 Å². The van der Waals surface area contributed by atoms with E-state index in [9.17, 15) is 9.59 Å². The smallest absolute Gasteiger partial charge is 0.319 e. The van der Waals surface area contributed by atoms with Crippen molar-refractivity contribution in [1.29, 1.82) is 0 Å². The Morgan fingerprint density at radius 3 is 2.71 bits per heavy atom. The Morgan fingerprint density at radius 2 is 1.88 bits per heavy atom. The van der Waals surface area contributed by atoms with E-state index in [4.69, 9.17) is 4.74 Å². The van der Waals surface area contributed by atoms with Crippen LogP contribution in [0.5, 0.6) is 5.75 Å². The first kappa shape index (κ1) is 15.9. The van der Waals surface area contributed by atoms with Crippen molar-refractivity contribution in [3.05, 3.63) is 54.1 Å². The standard InChI is InChI=1S/C18H19N3O3/c1-24-16-9-5-3-7-14(16)20-18(23)19-12-17(22)21-11-10-13-6-2-4-8-15(13)21/h2-9H,10-12H2,1H3,(H2,19,20,23). The van der Waals surface area contributed by atoms with E-state index in [2.05, 4.69) is 10.6 Å². The number of anilines is 2. The monoisotopic (exact) mass is 325 g/mol. The molecule has 0 fully saturated rings. The second-order valence-electron chi connectivity index (χ2n) is 5.43. The van der Waals surface area contributed by atoms with Gasteiger partial charge >= 0.3 is 6.03 Å². The number of ether oxygens (including phenoxy) is 1. The third-order valence-electron chi connectivity index (χ3n) is 3.94. The van der Waals surface area contributed by atoms with Gasteiger partial charge in [-0.15, -0.1) is 0 Å². The van der Waals surface area contributed by atoms with Crippen LogP contribution < -0.4 is 20.3 Å². The summed E-state index contributed by atoms with van der Waals surface area (Å²) >= 11 is 0. The summed E-state index contributed by atoms with van der Waals surface area (Å²) in [5.74, 6) is 0.433. The van der Waals surface area contributed by atoms with Crippen molar-refractivity contribution >= 4 is 23.3 Å². The van der Waals surface area contributed by atoms with Crippen LogP contribution in [0.3, 0.4) is 0 Å². The van der Waals surface area contributed by atoms with Crippen LogP contribution in [0.15, 0.2) is 48.5 Å². The number of benzene rings is 2. The topological polar surface area (TPSA) is 70.7 Å². The maximum absolute atomic E-state index is 12.3. The molecule has 0 bridgehead atoms. The number of hydrogen-bond acceptors (Lipinski definition) is 3. The highest BCUT2D eigenvalue weighted by atomic mass is 16.5. The molecule has 2 N–H and O–H groups in total. The van der Waals surface area contributed by atoms with Gasteiger partial charge in [0.25, 0.3) is 0 Å². The molecule has 3 amide bonds. The summed E-state index contributed by atoms with van der Waals surface area (Å²) in [7, 11) is 1.53. The lowest BCUT2D eigenvalue weighted by Crippen LogP contribution is -2.41. The van der Waals surface area contributed by atoms with E-state index in [-0.39, 0.29) is 12.5 Å². The number of carbonyl (C=O) groups excluding carboxylic acids is 2. The van der Waals surface area contributed by atoms with Crippen molar-refractivity contribution in [3.8, 4) is 5.75 Å². The second kappa shape index (κ2) is 7.04. The summed E-state index contributed by atoms with van der Waals surface area (Å²) in [5.41, 5.74) is 2.63. The molecule has 0 aromatic heterocycles. The molecule has 1 aliphatic heterocycles. The van der Waals surface area contributed by atoms with E-state index in [1.54, 1.807) is 23.1 Å². The van der Waals surface area contributed by atoms with E-state index >= 15 is 0 Å². The molecule has 1 aliphatic rings. The van der Waals surface area contributed by atoms with Crippen molar-refractivity contribution in [2.24, 2.45) is 0 Å². The normalized spacial score (nSPS) is 12.5. The van der Waals surface area contributed by atoms with Crippen LogP contribution in [-0.2, 0) is 11.2 Å². The molecule has 2 aromatic rings. The second-order valence-corrected chi connectivity index (χ2v) is 5.43. The molecule has 0 saturated carbocycles. The lowest BCUT2D eigenvalue weighted by atomic mass is 10.2. The molecule has 1 heterocycles. The molecule has 0 atom stereocenters. The van der Waals surface area contributed by atoms with Gasteiger partial charge in [-0.05, 0) is 30.2 Å². The first-order valence-corrected chi connectivity index (χ1v) is 7.75. The zero-order chi connectivity index (χ0) is 16.9. The molecule has 0 radical (unpaired) electrons. The molecule has 6 nitrogen and oxygen atoms in total. The number of hydrogen-bond donors (Lipinski definition) is 2. The van der Waals surface area contributed by atoms with Gasteiger partial charge in [-0.25, -0.2) is 4.79 Å². The van der Waals surface area contributed by atoms with Crippen molar-refractivity contribution in [2.45, 2.75) is 6.42 Å². The number of urea groups is 1. The number of para-hydroxylation sites is 3. The Morgan fingerprint density at radius 1 is 1.12 bits per heavy atom. The summed E-state index contributed by atoms with van der Waals surface area (Å²) in [6, 6.07) is 14.5. The number of rotatable bonds is 4. The van der Waals surface area contributed by atoms with Crippen LogP contribution in [0.25, 0.3) is 0 Å².